The van der Waals surface area contributed by atoms with Crippen LogP contribution in [0.1, 0.15) is 43.7 Å². The van der Waals surface area contributed by atoms with Gasteiger partial charge in [-0.3, -0.25) is 0 Å². The molecule has 0 fully saturated rings. The van der Waals surface area contributed by atoms with Crippen LogP contribution >= 0.6 is 23.4 Å². The highest BCUT2D eigenvalue weighted by atomic mass is 35.5. The molecule has 0 bridgehead atoms. The standard InChI is InChI=1S/C21H25ClN2O3S/c1-4-6-17-19(21(26)27-5-2)18(15-8-7-14(22)11-13(15)3)16(12-23)20(24-17)28-10-9-25/h7-8,11,18,24-25H,4-6,9-10H2,1-3H3. The van der Waals surface area contributed by atoms with E-state index >= 15 is 0 Å². The van der Waals surface area contributed by atoms with Crippen molar-refractivity contribution in [3.05, 3.63) is 56.2 Å². The molecule has 0 saturated heterocycles. The average molecular weight is 421 g/mol. The molecule has 0 saturated carbocycles. The lowest BCUT2D eigenvalue weighted by Crippen LogP contribution is -2.30. The van der Waals surface area contributed by atoms with Crippen LogP contribution in [-0.2, 0) is 9.53 Å². The lowest BCUT2D eigenvalue weighted by atomic mass is 9.80. The molecule has 1 aliphatic rings. The number of aryl methyl sites for hydroxylation is 1. The molecule has 0 spiro atoms. The Kier molecular flexibility index (Phi) is 8.43. The second kappa shape index (κ2) is 10.6. The summed E-state index contributed by atoms with van der Waals surface area (Å²) in [5.41, 5.74) is 3.43. The maximum absolute atomic E-state index is 12.9. The molecule has 0 aliphatic carbocycles. The summed E-state index contributed by atoms with van der Waals surface area (Å²) in [6.07, 6.45) is 1.48. The molecule has 1 atom stereocenters. The van der Waals surface area contributed by atoms with Crippen molar-refractivity contribution in [3.63, 3.8) is 0 Å². The summed E-state index contributed by atoms with van der Waals surface area (Å²) in [6.45, 7) is 5.97. The van der Waals surface area contributed by atoms with Crippen LogP contribution in [0.5, 0.6) is 0 Å². The molecule has 2 rings (SSSR count). The number of thioether (sulfide) groups is 1. The minimum atomic E-state index is -0.537. The van der Waals surface area contributed by atoms with E-state index in [1.54, 1.807) is 13.0 Å². The van der Waals surface area contributed by atoms with Gasteiger partial charge in [-0.25, -0.2) is 4.79 Å². The number of carbonyl (C=O) groups is 1. The largest absolute Gasteiger partial charge is 0.463 e. The number of nitriles is 1. The van der Waals surface area contributed by atoms with Crippen molar-refractivity contribution in [2.24, 2.45) is 0 Å². The molecular weight excluding hydrogens is 396 g/mol. The minimum absolute atomic E-state index is 0.00322. The van der Waals surface area contributed by atoms with Crippen LogP contribution in [0.3, 0.4) is 0 Å². The van der Waals surface area contributed by atoms with E-state index in [4.69, 9.17) is 16.3 Å². The number of halogens is 1. The number of allylic oxidation sites excluding steroid dienone is 2. The molecule has 7 heteroatoms. The van der Waals surface area contributed by atoms with Crippen LogP contribution in [0.2, 0.25) is 5.02 Å². The molecule has 0 radical (unpaired) electrons. The zero-order valence-electron chi connectivity index (χ0n) is 16.3. The first-order chi connectivity index (χ1) is 13.5. The van der Waals surface area contributed by atoms with Crippen molar-refractivity contribution in [1.82, 2.24) is 5.32 Å². The molecule has 5 nitrogen and oxygen atoms in total. The number of aliphatic hydroxyl groups excluding tert-OH is 1. The van der Waals surface area contributed by atoms with Gasteiger partial charge in [-0.05, 0) is 43.5 Å². The Balaban J connectivity index is 2.72. The summed E-state index contributed by atoms with van der Waals surface area (Å²) >= 11 is 7.50. The highest BCUT2D eigenvalue weighted by Crippen LogP contribution is 2.43. The summed E-state index contributed by atoms with van der Waals surface area (Å²) in [5, 5.41) is 23.7. The van der Waals surface area contributed by atoms with Crippen molar-refractivity contribution in [3.8, 4) is 6.07 Å². The number of aliphatic hydroxyl groups is 1. The average Bonchev–Trinajstić information content (AvgIpc) is 2.66. The van der Waals surface area contributed by atoms with Crippen LogP contribution < -0.4 is 5.32 Å². The molecule has 1 heterocycles. The molecule has 1 aliphatic heterocycles. The fourth-order valence-electron chi connectivity index (χ4n) is 3.27. The number of nitrogens with zero attached hydrogens (tertiary/aromatic N) is 1. The predicted octanol–water partition coefficient (Wildman–Crippen LogP) is 4.41. The lowest BCUT2D eigenvalue weighted by molar-refractivity contribution is -0.138. The van der Waals surface area contributed by atoms with Gasteiger partial charge in [-0.2, -0.15) is 5.26 Å². The fourth-order valence-corrected chi connectivity index (χ4v) is 4.31. The van der Waals surface area contributed by atoms with Crippen LogP contribution in [0.25, 0.3) is 0 Å². The van der Waals surface area contributed by atoms with E-state index in [0.29, 0.717) is 33.4 Å². The maximum atomic E-state index is 12.9. The first-order valence-corrected chi connectivity index (χ1v) is 10.7. The number of hydrogen-bond donors (Lipinski definition) is 2. The molecule has 1 aromatic carbocycles. The van der Waals surface area contributed by atoms with Gasteiger partial charge in [0, 0.05) is 16.5 Å². The first kappa shape index (κ1) is 22.4. The first-order valence-electron chi connectivity index (χ1n) is 9.29. The number of nitrogens with one attached hydrogen (secondary N) is 1. The number of ether oxygens (including phenoxy) is 1. The quantitative estimate of drug-likeness (QED) is 0.606. The Hall–Kier alpha value is -1.94. The van der Waals surface area contributed by atoms with Gasteiger partial charge in [0.2, 0.25) is 0 Å². The van der Waals surface area contributed by atoms with Gasteiger partial charge in [-0.1, -0.05) is 31.0 Å². The van der Waals surface area contributed by atoms with Gasteiger partial charge in [0.1, 0.15) is 0 Å². The van der Waals surface area contributed by atoms with Crippen molar-refractivity contribution < 1.29 is 14.6 Å². The number of dihydropyridines is 1. The van der Waals surface area contributed by atoms with Gasteiger partial charge in [0.05, 0.1) is 41.4 Å². The summed E-state index contributed by atoms with van der Waals surface area (Å²) in [5.74, 6) is -0.504. The van der Waals surface area contributed by atoms with Crippen molar-refractivity contribution in [1.29, 1.82) is 5.26 Å². The number of hydrogen-bond acceptors (Lipinski definition) is 6. The van der Waals surface area contributed by atoms with Gasteiger partial charge in [0.15, 0.2) is 0 Å². The normalized spacial score (nSPS) is 16.6. The van der Waals surface area contributed by atoms with Crippen molar-refractivity contribution >= 4 is 29.3 Å². The Morgan fingerprint density at radius 3 is 2.75 bits per heavy atom. The minimum Gasteiger partial charge on any atom is -0.463 e. The molecule has 1 aromatic rings. The molecule has 0 aromatic heterocycles. The van der Waals surface area contributed by atoms with Crippen LogP contribution in [0, 0.1) is 18.3 Å². The summed E-state index contributed by atoms with van der Waals surface area (Å²) in [4.78, 5) is 12.9. The van der Waals surface area contributed by atoms with E-state index in [0.717, 1.165) is 23.2 Å². The van der Waals surface area contributed by atoms with Crippen LogP contribution in [0.4, 0.5) is 0 Å². The van der Waals surface area contributed by atoms with Gasteiger partial charge in [-0.15, -0.1) is 11.8 Å². The summed E-state index contributed by atoms with van der Waals surface area (Å²) in [6, 6.07) is 7.74. The second-order valence-electron chi connectivity index (χ2n) is 6.35. The van der Waals surface area contributed by atoms with Gasteiger partial charge >= 0.3 is 5.97 Å². The van der Waals surface area contributed by atoms with Crippen molar-refractivity contribution in [2.75, 3.05) is 19.0 Å². The smallest absolute Gasteiger partial charge is 0.336 e. The Morgan fingerprint density at radius 2 is 2.18 bits per heavy atom. The molecule has 150 valence electrons. The third-order valence-electron chi connectivity index (χ3n) is 4.41. The molecule has 2 N–H and O–H groups in total. The SMILES string of the molecule is CCCC1=C(C(=O)OCC)C(c2ccc(Cl)cc2C)C(C#N)=C(SCCO)N1. The van der Waals surface area contributed by atoms with E-state index in [2.05, 4.69) is 11.4 Å². The highest BCUT2D eigenvalue weighted by Gasteiger charge is 2.37. The zero-order chi connectivity index (χ0) is 20.7. The van der Waals surface area contributed by atoms with E-state index in [9.17, 15) is 15.2 Å². The molecule has 28 heavy (non-hydrogen) atoms. The Bertz CT molecular complexity index is 843. The maximum Gasteiger partial charge on any atom is 0.336 e. The monoisotopic (exact) mass is 420 g/mol. The topological polar surface area (TPSA) is 82.4 Å². The molecular formula is C21H25ClN2O3S. The third kappa shape index (κ3) is 4.91. The summed E-state index contributed by atoms with van der Waals surface area (Å²) in [7, 11) is 0. The van der Waals surface area contributed by atoms with Gasteiger partial charge < -0.3 is 15.2 Å². The second-order valence-corrected chi connectivity index (χ2v) is 7.89. The van der Waals surface area contributed by atoms with E-state index in [1.165, 1.54) is 11.8 Å². The molecule has 1 unspecified atom stereocenters. The van der Waals surface area contributed by atoms with Crippen molar-refractivity contribution in [2.45, 2.75) is 39.5 Å². The van der Waals surface area contributed by atoms with Gasteiger partial charge in [0.25, 0.3) is 0 Å². The third-order valence-corrected chi connectivity index (χ3v) is 5.64. The van der Waals surface area contributed by atoms with E-state index < -0.39 is 11.9 Å². The number of benzene rings is 1. The predicted molar refractivity (Wildman–Crippen MR) is 113 cm³/mol. The lowest BCUT2D eigenvalue weighted by Gasteiger charge is -2.31. The fraction of sp³-hybridized carbons (Fsp3) is 0.429. The van der Waals surface area contributed by atoms with E-state index in [-0.39, 0.29) is 13.2 Å². The molecule has 0 amide bonds. The van der Waals surface area contributed by atoms with Crippen LogP contribution in [0.15, 0.2) is 40.1 Å². The number of esters is 1. The van der Waals surface area contributed by atoms with Crippen LogP contribution in [-0.4, -0.2) is 30.0 Å². The summed E-state index contributed by atoms with van der Waals surface area (Å²) < 4.78 is 5.34. The highest BCUT2D eigenvalue weighted by molar-refractivity contribution is 8.03. The van der Waals surface area contributed by atoms with E-state index in [1.807, 2.05) is 26.0 Å². The number of carbonyl (C=O) groups excluding carboxylic acids is 1. The number of rotatable bonds is 8. The Morgan fingerprint density at radius 1 is 1.43 bits per heavy atom. The zero-order valence-corrected chi connectivity index (χ0v) is 17.9. The Labute approximate surface area is 175 Å².